The molecule has 1 N–H and O–H groups in total. The van der Waals surface area contributed by atoms with Crippen LogP contribution in [0.25, 0.3) is 88.2 Å². The van der Waals surface area contributed by atoms with Crippen LogP contribution < -0.4 is 5.32 Å². The van der Waals surface area contributed by atoms with Crippen molar-refractivity contribution in [3.63, 3.8) is 0 Å². The Morgan fingerprint density at radius 3 is 1.90 bits per heavy atom. The summed E-state index contributed by atoms with van der Waals surface area (Å²) in [5.74, 6) is 0.872. The average molecular weight is 808 g/mol. The minimum absolute atomic E-state index is 0.119. The van der Waals surface area contributed by atoms with Gasteiger partial charge in [-0.15, -0.1) is 0 Å². The van der Waals surface area contributed by atoms with Gasteiger partial charge in [0.15, 0.2) is 0 Å². The quantitative estimate of drug-likeness (QED) is 0.179. The van der Waals surface area contributed by atoms with Gasteiger partial charge < -0.3 is 19.0 Å². The highest BCUT2D eigenvalue weighted by atomic mass is 15.1. The third-order valence-electron chi connectivity index (χ3n) is 13.1. The zero-order valence-corrected chi connectivity index (χ0v) is 34.5. The van der Waals surface area contributed by atoms with Crippen LogP contribution in [0.2, 0.25) is 0 Å². The molecule has 13 rings (SSSR count). The second kappa shape index (κ2) is 14.2. The zero-order valence-electron chi connectivity index (χ0n) is 34.5. The van der Waals surface area contributed by atoms with E-state index in [4.69, 9.17) is 4.99 Å². The molecule has 0 amide bonds. The summed E-state index contributed by atoms with van der Waals surface area (Å²) >= 11 is 0. The molecule has 1 unspecified atom stereocenters. The Morgan fingerprint density at radius 2 is 1.13 bits per heavy atom. The van der Waals surface area contributed by atoms with Crippen LogP contribution in [0, 0.1) is 0 Å². The van der Waals surface area contributed by atoms with E-state index in [1.807, 2.05) is 0 Å². The maximum absolute atomic E-state index is 5.20. The van der Waals surface area contributed by atoms with E-state index in [1.165, 1.54) is 76.7 Å². The van der Waals surface area contributed by atoms with E-state index in [0.717, 1.165) is 46.9 Å². The fraction of sp³-hybridized carbons (Fsp3) is 0.0517. The predicted octanol–water partition coefficient (Wildman–Crippen LogP) is 14.3. The third kappa shape index (κ3) is 5.53. The van der Waals surface area contributed by atoms with Crippen molar-refractivity contribution in [1.82, 2.24) is 19.0 Å². The Bertz CT molecular complexity index is 3750. The average Bonchev–Trinajstić information content (AvgIpc) is 4.00. The molecule has 3 aromatic heterocycles. The molecule has 11 aromatic rings. The summed E-state index contributed by atoms with van der Waals surface area (Å²) in [6, 6.07) is 68.1. The lowest BCUT2D eigenvalue weighted by Gasteiger charge is -2.25. The summed E-state index contributed by atoms with van der Waals surface area (Å²) < 4.78 is 7.46. The highest BCUT2D eigenvalue weighted by molar-refractivity contribution is 6.26. The third-order valence-corrected chi connectivity index (χ3v) is 13.1. The topological polar surface area (TPSA) is 39.2 Å². The van der Waals surface area contributed by atoms with Gasteiger partial charge in [0.25, 0.3) is 0 Å². The van der Waals surface area contributed by atoms with Crippen molar-refractivity contribution in [3.05, 3.63) is 229 Å². The molecule has 0 fully saturated rings. The van der Waals surface area contributed by atoms with E-state index in [9.17, 15) is 0 Å². The van der Waals surface area contributed by atoms with Crippen LogP contribution in [0.1, 0.15) is 35.6 Å². The smallest absolute Gasteiger partial charge is 0.134 e. The number of fused-ring (bicyclic) bond motifs is 10. The fourth-order valence-corrected chi connectivity index (χ4v) is 10.4. The first-order valence-corrected chi connectivity index (χ1v) is 21.9. The van der Waals surface area contributed by atoms with E-state index in [0.29, 0.717) is 0 Å². The Balaban J connectivity index is 1.07. The van der Waals surface area contributed by atoms with E-state index >= 15 is 0 Å². The molecule has 0 radical (unpaired) electrons. The minimum atomic E-state index is -0.119. The molecule has 0 saturated carbocycles. The van der Waals surface area contributed by atoms with Crippen molar-refractivity contribution >= 4 is 82.6 Å². The number of allylic oxidation sites excluding steroid dienone is 4. The van der Waals surface area contributed by atoms with Crippen molar-refractivity contribution in [2.24, 2.45) is 4.99 Å². The number of nitrogens with one attached hydrogen (secondary N) is 1. The van der Waals surface area contributed by atoms with Gasteiger partial charge in [0, 0.05) is 55.0 Å². The second-order valence-corrected chi connectivity index (χ2v) is 16.7. The SMILES string of the molecule is C1=CCCC(n2c3cc(-n4c5ccccc5c5c4ccc4c6ccccc6n(-c6ccccc6)c45)ccc3c3c(C4C=C(c5ccccc5)N=C(c5ccccc5)N4)cccc32)=C1. The summed E-state index contributed by atoms with van der Waals surface area (Å²) in [4.78, 5) is 5.20. The van der Waals surface area contributed by atoms with Crippen molar-refractivity contribution in [2.75, 3.05) is 0 Å². The molecule has 63 heavy (non-hydrogen) atoms. The summed E-state index contributed by atoms with van der Waals surface area (Å²) in [7, 11) is 0. The van der Waals surface area contributed by atoms with Crippen LogP contribution >= 0.6 is 0 Å². The lowest BCUT2D eigenvalue weighted by Crippen LogP contribution is -2.31. The van der Waals surface area contributed by atoms with Crippen LogP contribution in [0.5, 0.6) is 0 Å². The molecule has 5 nitrogen and oxygen atoms in total. The Hall–Kier alpha value is -8.15. The number of para-hydroxylation sites is 3. The lowest BCUT2D eigenvalue weighted by molar-refractivity contribution is 0.788. The van der Waals surface area contributed by atoms with Crippen molar-refractivity contribution in [3.8, 4) is 11.4 Å². The van der Waals surface area contributed by atoms with Gasteiger partial charge >= 0.3 is 0 Å². The summed E-state index contributed by atoms with van der Waals surface area (Å²) in [5, 5.41) is 11.4. The molecule has 1 aliphatic heterocycles. The minimum Gasteiger partial charge on any atom is -0.359 e. The largest absolute Gasteiger partial charge is 0.359 e. The molecular formula is C58H41N5. The van der Waals surface area contributed by atoms with Gasteiger partial charge in [-0.1, -0.05) is 152 Å². The molecule has 298 valence electrons. The van der Waals surface area contributed by atoms with Gasteiger partial charge in [-0.05, 0) is 84.7 Å². The molecule has 1 aliphatic carbocycles. The highest BCUT2D eigenvalue weighted by Gasteiger charge is 2.26. The summed E-state index contributed by atoms with van der Waals surface area (Å²) in [5.41, 5.74) is 15.2. The van der Waals surface area contributed by atoms with Crippen molar-refractivity contribution in [2.45, 2.75) is 18.9 Å². The van der Waals surface area contributed by atoms with E-state index < -0.39 is 0 Å². The van der Waals surface area contributed by atoms with Crippen molar-refractivity contribution in [1.29, 1.82) is 0 Å². The van der Waals surface area contributed by atoms with E-state index in [1.54, 1.807) is 0 Å². The first-order chi connectivity index (χ1) is 31.3. The van der Waals surface area contributed by atoms with Gasteiger partial charge in [-0.25, -0.2) is 4.99 Å². The molecule has 0 bridgehead atoms. The molecule has 8 aromatic carbocycles. The Kier molecular flexibility index (Phi) is 8.03. The van der Waals surface area contributed by atoms with Crippen LogP contribution in [0.15, 0.2) is 217 Å². The fourth-order valence-electron chi connectivity index (χ4n) is 10.4. The number of hydrogen-bond acceptors (Lipinski definition) is 2. The standard InChI is InChI=1S/C58H41N5/c1-5-18-38(19-6-1)48-37-49(60-58(59-48)39-20-7-2-8-21-39)45-28-17-31-52-55(45)47-33-32-42(36-54(47)61(52)40-22-9-3-10-23-40)62-51-30-16-14-27-46(51)56-53(62)35-34-44-43-26-13-15-29-50(43)63(57(44)56)41-24-11-4-12-25-41/h1-9,11-22,24-37,49H,10,23H2,(H,59,60). The molecule has 1 atom stereocenters. The highest BCUT2D eigenvalue weighted by Crippen LogP contribution is 2.44. The van der Waals surface area contributed by atoms with Gasteiger partial charge in [0.2, 0.25) is 0 Å². The lowest BCUT2D eigenvalue weighted by atomic mass is 9.96. The van der Waals surface area contributed by atoms with E-state index in [2.05, 4.69) is 231 Å². The maximum atomic E-state index is 5.20. The Morgan fingerprint density at radius 1 is 0.476 bits per heavy atom. The number of amidine groups is 1. The van der Waals surface area contributed by atoms with Gasteiger partial charge in [0.05, 0.1) is 44.8 Å². The van der Waals surface area contributed by atoms with E-state index in [-0.39, 0.29) is 6.04 Å². The summed E-state index contributed by atoms with van der Waals surface area (Å²) in [6.45, 7) is 0. The molecule has 0 spiro atoms. The maximum Gasteiger partial charge on any atom is 0.134 e. The second-order valence-electron chi connectivity index (χ2n) is 16.7. The molecule has 0 saturated heterocycles. The first-order valence-electron chi connectivity index (χ1n) is 21.9. The number of benzene rings is 8. The first kappa shape index (κ1) is 35.6. The van der Waals surface area contributed by atoms with Gasteiger partial charge in [0.1, 0.15) is 5.84 Å². The van der Waals surface area contributed by atoms with Gasteiger partial charge in [-0.3, -0.25) is 0 Å². The molecule has 4 heterocycles. The van der Waals surface area contributed by atoms with Crippen LogP contribution in [-0.4, -0.2) is 19.5 Å². The van der Waals surface area contributed by atoms with Crippen LogP contribution in [0.4, 0.5) is 0 Å². The van der Waals surface area contributed by atoms with Crippen LogP contribution in [0.3, 0.4) is 0 Å². The Labute approximate surface area is 364 Å². The monoisotopic (exact) mass is 807 g/mol. The van der Waals surface area contributed by atoms with Gasteiger partial charge in [-0.2, -0.15) is 0 Å². The number of aromatic nitrogens is 3. The number of rotatable bonds is 6. The van der Waals surface area contributed by atoms with Crippen LogP contribution in [-0.2, 0) is 0 Å². The van der Waals surface area contributed by atoms with Crippen molar-refractivity contribution < 1.29 is 0 Å². The molecule has 5 heteroatoms. The zero-order chi connectivity index (χ0) is 41.4. The number of aliphatic imine (C=N–C) groups is 1. The molecule has 2 aliphatic rings. The predicted molar refractivity (Wildman–Crippen MR) is 264 cm³/mol. The molecular weight excluding hydrogens is 767 g/mol. The number of hydrogen-bond donors (Lipinski definition) is 1. The number of nitrogens with zero attached hydrogens (tertiary/aromatic N) is 4. The summed E-state index contributed by atoms with van der Waals surface area (Å²) in [6.07, 6.45) is 11.1. The normalized spacial score (nSPS) is 15.4.